The van der Waals surface area contributed by atoms with Crippen molar-refractivity contribution in [1.82, 2.24) is 14.5 Å². The molecule has 2 aliphatic rings. The van der Waals surface area contributed by atoms with E-state index in [1.54, 1.807) is 6.20 Å². The van der Waals surface area contributed by atoms with Gasteiger partial charge in [-0.05, 0) is 49.4 Å². The van der Waals surface area contributed by atoms with Crippen molar-refractivity contribution in [3.05, 3.63) is 88.2 Å². The van der Waals surface area contributed by atoms with Crippen molar-refractivity contribution in [2.75, 3.05) is 0 Å². The number of imidazole rings is 1. The fraction of sp³-hybridized carbons (Fsp3) is 0.208. The third-order valence-corrected chi connectivity index (χ3v) is 6.59. The summed E-state index contributed by atoms with van der Waals surface area (Å²) in [6.07, 6.45) is 7.55. The van der Waals surface area contributed by atoms with Gasteiger partial charge in [0.2, 0.25) is 0 Å². The molecule has 1 aliphatic heterocycles. The van der Waals surface area contributed by atoms with Gasteiger partial charge in [0.05, 0.1) is 29.3 Å². The van der Waals surface area contributed by atoms with E-state index in [4.69, 9.17) is 9.41 Å². The summed E-state index contributed by atoms with van der Waals surface area (Å²) < 4.78 is 8.76. The summed E-state index contributed by atoms with van der Waals surface area (Å²) in [7, 11) is 0. The lowest BCUT2D eigenvalue weighted by Crippen LogP contribution is -2.08. The van der Waals surface area contributed by atoms with Gasteiger partial charge in [-0.15, -0.1) is 0 Å². The van der Waals surface area contributed by atoms with Crippen molar-refractivity contribution in [2.45, 2.75) is 31.7 Å². The molecule has 2 aromatic heterocycles. The first-order chi connectivity index (χ1) is 14.7. The molecule has 6 heteroatoms. The third kappa shape index (κ3) is 2.78. The lowest BCUT2D eigenvalue weighted by molar-refractivity contribution is 0.568. The van der Waals surface area contributed by atoms with Crippen molar-refractivity contribution in [3.63, 3.8) is 0 Å². The molecule has 0 bridgehead atoms. The second-order valence-electron chi connectivity index (χ2n) is 7.90. The molecule has 1 saturated carbocycles. The van der Waals surface area contributed by atoms with Crippen LogP contribution in [0.3, 0.4) is 0 Å². The maximum atomic E-state index is 5.57. The van der Waals surface area contributed by atoms with E-state index in [-0.39, 0.29) is 6.04 Å². The maximum absolute atomic E-state index is 5.57. The molecular formula is C24H19BrN4O. The highest BCUT2D eigenvalue weighted by molar-refractivity contribution is 9.10. The quantitative estimate of drug-likeness (QED) is 0.373. The van der Waals surface area contributed by atoms with E-state index in [9.17, 15) is 0 Å². The van der Waals surface area contributed by atoms with E-state index in [1.165, 1.54) is 24.8 Å². The molecule has 1 aliphatic carbocycles. The number of nitrogens with zero attached hydrogens (tertiary/aromatic N) is 4. The van der Waals surface area contributed by atoms with Crippen molar-refractivity contribution in [1.29, 1.82) is 0 Å². The number of oxazole rings is 1. The van der Waals surface area contributed by atoms with Crippen LogP contribution < -0.4 is 0 Å². The first kappa shape index (κ1) is 17.8. The fourth-order valence-electron chi connectivity index (χ4n) is 4.29. The molecule has 1 fully saturated rings. The number of aromatic nitrogens is 3. The van der Waals surface area contributed by atoms with E-state index < -0.39 is 0 Å². The zero-order chi connectivity index (χ0) is 20.2. The molecular weight excluding hydrogens is 440 g/mol. The largest absolute Gasteiger partial charge is 0.442 e. The van der Waals surface area contributed by atoms with Crippen molar-refractivity contribution in [2.24, 2.45) is 4.99 Å². The number of benzene rings is 2. The lowest BCUT2D eigenvalue weighted by Gasteiger charge is -2.14. The number of hydrogen-bond acceptors (Lipinski definition) is 4. The van der Waals surface area contributed by atoms with Gasteiger partial charge < -0.3 is 4.42 Å². The van der Waals surface area contributed by atoms with Crippen LogP contribution >= 0.6 is 15.9 Å². The van der Waals surface area contributed by atoms with Gasteiger partial charge in [0.15, 0.2) is 12.2 Å². The molecule has 5 nitrogen and oxygen atoms in total. The van der Waals surface area contributed by atoms with Gasteiger partial charge in [-0.1, -0.05) is 40.2 Å². The molecule has 0 saturated heterocycles. The second kappa shape index (κ2) is 6.77. The van der Waals surface area contributed by atoms with Crippen LogP contribution in [0.2, 0.25) is 0 Å². The Bertz CT molecular complexity index is 1280. The standard InChI is InChI=1S/C24H19BrN4O/c1-14-24-23(21-11-26-13-30-21)27-12-29(24)20-9-8-16(15-6-7-15)10-18(20)22(28-14)17-4-2-3-5-19(17)25/h2-5,8-15H,6-7H2,1H3/t14-/m1/s1. The zero-order valence-corrected chi connectivity index (χ0v) is 18.0. The van der Waals surface area contributed by atoms with Gasteiger partial charge >= 0.3 is 0 Å². The Morgan fingerprint density at radius 1 is 1.10 bits per heavy atom. The molecule has 4 aromatic rings. The van der Waals surface area contributed by atoms with E-state index in [1.807, 2.05) is 12.4 Å². The van der Waals surface area contributed by atoms with Gasteiger partial charge in [0, 0.05) is 15.6 Å². The summed E-state index contributed by atoms with van der Waals surface area (Å²) in [6.45, 7) is 2.11. The molecule has 148 valence electrons. The average molecular weight is 459 g/mol. The van der Waals surface area contributed by atoms with E-state index in [0.29, 0.717) is 11.7 Å². The SMILES string of the molecule is C[C@H]1N=C(c2ccccc2Br)c2cc(C3CC3)ccc2-n2cnc(-c3cnco3)c21. The molecule has 0 unspecified atom stereocenters. The summed E-state index contributed by atoms with van der Waals surface area (Å²) in [6, 6.07) is 15.0. The van der Waals surface area contributed by atoms with E-state index >= 15 is 0 Å². The number of aliphatic imine (C=N–C) groups is 1. The highest BCUT2D eigenvalue weighted by atomic mass is 79.9. The Hall–Kier alpha value is -2.99. The molecule has 2 aromatic carbocycles. The molecule has 3 heterocycles. The van der Waals surface area contributed by atoms with Gasteiger partial charge in [-0.25, -0.2) is 9.97 Å². The van der Waals surface area contributed by atoms with Crippen LogP contribution in [0.15, 0.2) is 75.3 Å². The Balaban J connectivity index is 1.63. The van der Waals surface area contributed by atoms with Gasteiger partial charge in [0.25, 0.3) is 0 Å². The third-order valence-electron chi connectivity index (χ3n) is 5.90. The van der Waals surface area contributed by atoms with Crippen LogP contribution in [0.4, 0.5) is 0 Å². The predicted molar refractivity (Wildman–Crippen MR) is 119 cm³/mol. The average Bonchev–Trinajstić information content (AvgIpc) is 3.31. The van der Waals surface area contributed by atoms with Crippen LogP contribution in [0, 0.1) is 0 Å². The van der Waals surface area contributed by atoms with Crippen LogP contribution in [0.5, 0.6) is 0 Å². The topological polar surface area (TPSA) is 56.2 Å². The summed E-state index contributed by atoms with van der Waals surface area (Å²) in [5.74, 6) is 1.33. The number of rotatable bonds is 3. The Kier molecular flexibility index (Phi) is 4.03. The normalized spacial score (nSPS) is 17.8. The van der Waals surface area contributed by atoms with Gasteiger partial charge in [-0.3, -0.25) is 9.56 Å². The van der Waals surface area contributed by atoms with Crippen molar-refractivity contribution >= 4 is 21.6 Å². The second-order valence-corrected chi connectivity index (χ2v) is 8.75. The number of fused-ring (bicyclic) bond motifs is 3. The first-order valence-electron chi connectivity index (χ1n) is 10.1. The molecule has 0 spiro atoms. The number of hydrogen-bond donors (Lipinski definition) is 0. The van der Waals surface area contributed by atoms with Crippen LogP contribution in [0.25, 0.3) is 17.1 Å². The molecule has 0 amide bonds. The van der Waals surface area contributed by atoms with E-state index in [2.05, 4.69) is 73.8 Å². The van der Waals surface area contributed by atoms with Gasteiger partial charge in [-0.2, -0.15) is 0 Å². The Morgan fingerprint density at radius 3 is 2.73 bits per heavy atom. The minimum Gasteiger partial charge on any atom is -0.442 e. The van der Waals surface area contributed by atoms with Gasteiger partial charge in [0.1, 0.15) is 12.0 Å². The summed E-state index contributed by atoms with van der Waals surface area (Å²) in [5.41, 5.74) is 7.51. The van der Waals surface area contributed by atoms with Crippen LogP contribution in [-0.2, 0) is 0 Å². The minimum absolute atomic E-state index is 0.105. The number of halogens is 1. The van der Waals surface area contributed by atoms with Crippen molar-refractivity contribution < 1.29 is 4.42 Å². The fourth-order valence-corrected chi connectivity index (χ4v) is 4.76. The molecule has 0 radical (unpaired) electrons. The molecule has 30 heavy (non-hydrogen) atoms. The Morgan fingerprint density at radius 2 is 1.97 bits per heavy atom. The van der Waals surface area contributed by atoms with E-state index in [0.717, 1.165) is 38.4 Å². The first-order valence-corrected chi connectivity index (χ1v) is 10.9. The Labute approximate surface area is 182 Å². The molecule has 6 rings (SSSR count). The van der Waals surface area contributed by atoms with Crippen LogP contribution in [0.1, 0.15) is 54.1 Å². The summed E-state index contributed by atoms with van der Waals surface area (Å²) in [5, 5.41) is 0. The highest BCUT2D eigenvalue weighted by Gasteiger charge is 2.30. The monoisotopic (exact) mass is 458 g/mol. The highest BCUT2D eigenvalue weighted by Crippen LogP contribution is 2.43. The summed E-state index contributed by atoms with van der Waals surface area (Å²) >= 11 is 3.74. The maximum Gasteiger partial charge on any atom is 0.181 e. The van der Waals surface area contributed by atoms with Crippen molar-refractivity contribution in [3.8, 4) is 17.1 Å². The molecule has 1 atom stereocenters. The zero-order valence-electron chi connectivity index (χ0n) is 16.4. The predicted octanol–water partition coefficient (Wildman–Crippen LogP) is 6.08. The van der Waals surface area contributed by atoms with Crippen LogP contribution in [-0.4, -0.2) is 20.2 Å². The smallest absolute Gasteiger partial charge is 0.181 e. The minimum atomic E-state index is -0.105. The molecule has 0 N–H and O–H groups in total. The summed E-state index contributed by atoms with van der Waals surface area (Å²) in [4.78, 5) is 14.0. The lowest BCUT2D eigenvalue weighted by atomic mass is 9.97.